The minimum Gasteiger partial charge on any atom is -0.458 e. The van der Waals surface area contributed by atoms with Gasteiger partial charge in [-0.15, -0.1) is 0 Å². The fraction of sp³-hybridized carbons (Fsp3) is 0.357. The molecule has 3 heterocycles. The monoisotopic (exact) mass is 319 g/mol. The molecule has 8 heteroatoms. The van der Waals surface area contributed by atoms with Crippen LogP contribution in [0.2, 0.25) is 5.02 Å². The molecule has 7 nitrogen and oxygen atoms in total. The van der Waals surface area contributed by atoms with Crippen molar-refractivity contribution in [1.82, 2.24) is 24.8 Å². The third-order valence-corrected chi connectivity index (χ3v) is 3.51. The number of hydrogen-bond donors (Lipinski definition) is 0. The van der Waals surface area contributed by atoms with Crippen molar-refractivity contribution in [3.8, 4) is 6.01 Å². The van der Waals surface area contributed by atoms with Crippen molar-refractivity contribution in [2.75, 3.05) is 13.1 Å². The first kappa shape index (κ1) is 14.6. The van der Waals surface area contributed by atoms with Gasteiger partial charge in [-0.3, -0.25) is 9.78 Å². The van der Waals surface area contributed by atoms with Gasteiger partial charge in [-0.1, -0.05) is 11.6 Å². The van der Waals surface area contributed by atoms with Crippen LogP contribution < -0.4 is 4.74 Å². The van der Waals surface area contributed by atoms with E-state index in [0.717, 1.165) is 12.8 Å². The Morgan fingerprint density at radius 1 is 1.23 bits per heavy atom. The van der Waals surface area contributed by atoms with Gasteiger partial charge >= 0.3 is 6.01 Å². The van der Waals surface area contributed by atoms with Crippen molar-refractivity contribution in [1.29, 1.82) is 0 Å². The van der Waals surface area contributed by atoms with Gasteiger partial charge in [0.15, 0.2) is 0 Å². The molecule has 2 aromatic heterocycles. The number of aromatic nitrogens is 4. The van der Waals surface area contributed by atoms with Crippen LogP contribution >= 0.6 is 11.6 Å². The second kappa shape index (κ2) is 6.65. The summed E-state index contributed by atoms with van der Waals surface area (Å²) in [7, 11) is 0. The third-order valence-electron chi connectivity index (χ3n) is 3.32. The molecule has 0 aromatic carbocycles. The van der Waals surface area contributed by atoms with E-state index in [1.807, 2.05) is 0 Å². The highest BCUT2D eigenvalue weighted by Crippen LogP contribution is 2.17. The van der Waals surface area contributed by atoms with E-state index < -0.39 is 0 Å². The normalized spacial score (nSPS) is 18.0. The molecular weight excluding hydrogens is 306 g/mol. The average Bonchev–Trinajstić information content (AvgIpc) is 2.57. The number of carbonyl (C=O) groups is 1. The predicted molar refractivity (Wildman–Crippen MR) is 78.6 cm³/mol. The fourth-order valence-corrected chi connectivity index (χ4v) is 2.40. The quantitative estimate of drug-likeness (QED) is 0.855. The van der Waals surface area contributed by atoms with E-state index >= 15 is 0 Å². The van der Waals surface area contributed by atoms with Crippen molar-refractivity contribution in [2.24, 2.45) is 0 Å². The number of likely N-dealkylation sites (tertiary alicyclic amines) is 1. The lowest BCUT2D eigenvalue weighted by Gasteiger charge is -2.32. The summed E-state index contributed by atoms with van der Waals surface area (Å²) in [5.74, 6) is -0.140. The van der Waals surface area contributed by atoms with Crippen LogP contribution in [-0.2, 0) is 0 Å². The van der Waals surface area contributed by atoms with Gasteiger partial charge in [0.2, 0.25) is 0 Å². The first-order valence-corrected chi connectivity index (χ1v) is 7.29. The second-order valence-electron chi connectivity index (χ2n) is 4.91. The highest BCUT2D eigenvalue weighted by Gasteiger charge is 2.26. The molecule has 0 radical (unpaired) electrons. The standard InChI is InChI=1S/C14H14ClN5O2/c15-10-6-18-14(19-7-10)22-11-2-1-5-20(9-11)13(21)12-8-16-3-4-17-12/h3-4,6-8,11H,1-2,5,9H2. The number of hydrogen-bond acceptors (Lipinski definition) is 6. The second-order valence-corrected chi connectivity index (χ2v) is 5.34. The van der Waals surface area contributed by atoms with Gasteiger partial charge in [-0.05, 0) is 12.8 Å². The van der Waals surface area contributed by atoms with Gasteiger partial charge in [-0.2, -0.15) is 0 Å². The van der Waals surface area contributed by atoms with Gasteiger partial charge in [-0.25, -0.2) is 15.0 Å². The Bertz CT molecular complexity index is 637. The highest BCUT2D eigenvalue weighted by molar-refractivity contribution is 6.30. The fourth-order valence-electron chi connectivity index (χ4n) is 2.30. The highest BCUT2D eigenvalue weighted by atomic mass is 35.5. The van der Waals surface area contributed by atoms with Crippen molar-refractivity contribution in [3.63, 3.8) is 0 Å². The number of halogens is 1. The summed E-state index contributed by atoms with van der Waals surface area (Å²) >= 11 is 5.74. The van der Waals surface area contributed by atoms with Crippen LogP contribution in [0, 0.1) is 0 Å². The lowest BCUT2D eigenvalue weighted by molar-refractivity contribution is 0.0510. The predicted octanol–water partition coefficient (Wildman–Crippen LogP) is 1.60. The van der Waals surface area contributed by atoms with Crippen molar-refractivity contribution >= 4 is 17.5 Å². The van der Waals surface area contributed by atoms with E-state index in [-0.39, 0.29) is 18.0 Å². The molecule has 1 amide bonds. The Morgan fingerprint density at radius 2 is 2.05 bits per heavy atom. The number of rotatable bonds is 3. The molecule has 114 valence electrons. The zero-order valence-electron chi connectivity index (χ0n) is 11.7. The molecule has 1 saturated heterocycles. The smallest absolute Gasteiger partial charge is 0.316 e. The molecule has 0 aliphatic carbocycles. The lowest BCUT2D eigenvalue weighted by atomic mass is 10.1. The average molecular weight is 320 g/mol. The van der Waals surface area contributed by atoms with Crippen LogP contribution in [0.1, 0.15) is 23.3 Å². The summed E-state index contributed by atoms with van der Waals surface area (Å²) in [6, 6.07) is 0.267. The van der Waals surface area contributed by atoms with Crippen LogP contribution in [0.25, 0.3) is 0 Å². The summed E-state index contributed by atoms with van der Waals surface area (Å²) in [5, 5.41) is 0.454. The van der Waals surface area contributed by atoms with Crippen LogP contribution in [0.3, 0.4) is 0 Å². The van der Waals surface area contributed by atoms with E-state index in [0.29, 0.717) is 23.8 Å². The molecule has 1 aliphatic heterocycles. The number of ether oxygens (including phenoxy) is 1. The Hall–Kier alpha value is -2.28. The molecule has 1 aliphatic rings. The van der Waals surface area contributed by atoms with Crippen molar-refractivity contribution in [3.05, 3.63) is 41.7 Å². The van der Waals surface area contributed by atoms with Gasteiger partial charge in [0, 0.05) is 18.9 Å². The van der Waals surface area contributed by atoms with E-state index in [9.17, 15) is 4.79 Å². The molecule has 1 fully saturated rings. The number of nitrogens with zero attached hydrogens (tertiary/aromatic N) is 5. The summed E-state index contributed by atoms with van der Waals surface area (Å²) in [4.78, 5) is 30.1. The molecule has 22 heavy (non-hydrogen) atoms. The molecule has 3 rings (SSSR count). The van der Waals surface area contributed by atoms with E-state index in [1.165, 1.54) is 31.0 Å². The van der Waals surface area contributed by atoms with Crippen LogP contribution in [0.15, 0.2) is 31.0 Å². The van der Waals surface area contributed by atoms with Crippen molar-refractivity contribution in [2.45, 2.75) is 18.9 Å². The SMILES string of the molecule is O=C(c1cnccn1)N1CCCC(Oc2ncc(Cl)cn2)C1. The molecule has 0 bridgehead atoms. The van der Waals surface area contributed by atoms with Crippen LogP contribution in [-0.4, -0.2) is 49.9 Å². The van der Waals surface area contributed by atoms with Gasteiger partial charge in [0.1, 0.15) is 11.8 Å². The first-order chi connectivity index (χ1) is 10.7. The minimum atomic E-state index is -0.143. The topological polar surface area (TPSA) is 81.1 Å². The largest absolute Gasteiger partial charge is 0.458 e. The summed E-state index contributed by atoms with van der Waals surface area (Å²) in [6.45, 7) is 1.15. The number of carbonyl (C=O) groups excluding carboxylic acids is 1. The molecule has 0 saturated carbocycles. The minimum absolute atomic E-state index is 0.140. The number of piperidine rings is 1. The Labute approximate surface area is 132 Å². The molecule has 0 spiro atoms. The zero-order valence-corrected chi connectivity index (χ0v) is 12.5. The zero-order chi connectivity index (χ0) is 15.4. The Morgan fingerprint density at radius 3 is 2.77 bits per heavy atom. The Balaban J connectivity index is 1.64. The summed E-state index contributed by atoms with van der Waals surface area (Å²) < 4.78 is 5.72. The lowest BCUT2D eigenvalue weighted by Crippen LogP contribution is -2.44. The molecule has 2 aromatic rings. The third kappa shape index (κ3) is 3.48. The van der Waals surface area contributed by atoms with Gasteiger partial charge < -0.3 is 9.64 Å². The van der Waals surface area contributed by atoms with Crippen LogP contribution in [0.5, 0.6) is 6.01 Å². The van der Waals surface area contributed by atoms with E-state index in [4.69, 9.17) is 16.3 Å². The molecule has 1 unspecified atom stereocenters. The Kier molecular flexibility index (Phi) is 4.43. The maximum Gasteiger partial charge on any atom is 0.316 e. The van der Waals surface area contributed by atoms with Crippen LogP contribution in [0.4, 0.5) is 0 Å². The molecule has 1 atom stereocenters. The van der Waals surface area contributed by atoms with Gasteiger partial charge in [0.05, 0.1) is 30.2 Å². The first-order valence-electron chi connectivity index (χ1n) is 6.92. The van der Waals surface area contributed by atoms with E-state index in [1.54, 1.807) is 4.90 Å². The summed E-state index contributed by atoms with van der Waals surface area (Å²) in [6.07, 6.45) is 9.03. The van der Waals surface area contributed by atoms with Gasteiger partial charge in [0.25, 0.3) is 5.91 Å². The summed E-state index contributed by atoms with van der Waals surface area (Å²) in [5.41, 5.74) is 0.339. The number of amides is 1. The molecule has 0 N–H and O–H groups in total. The maximum absolute atomic E-state index is 12.4. The molecular formula is C14H14ClN5O2. The van der Waals surface area contributed by atoms with E-state index in [2.05, 4.69) is 19.9 Å². The van der Waals surface area contributed by atoms with Crippen molar-refractivity contribution < 1.29 is 9.53 Å². The maximum atomic E-state index is 12.4.